The topological polar surface area (TPSA) is 69.0 Å². The van der Waals surface area contributed by atoms with E-state index < -0.39 is 0 Å². The summed E-state index contributed by atoms with van der Waals surface area (Å²) < 4.78 is 7.52. The van der Waals surface area contributed by atoms with E-state index in [1.54, 1.807) is 23.5 Å². The number of hydrogen-bond acceptors (Lipinski definition) is 6. The van der Waals surface area contributed by atoms with Gasteiger partial charge in [0.1, 0.15) is 5.75 Å². The molecule has 0 bridgehead atoms. The highest BCUT2D eigenvalue weighted by atomic mass is 35.5. The van der Waals surface area contributed by atoms with Crippen molar-refractivity contribution in [3.05, 3.63) is 70.6 Å². The van der Waals surface area contributed by atoms with Gasteiger partial charge in [-0.25, -0.2) is 0 Å². The van der Waals surface area contributed by atoms with Crippen molar-refractivity contribution in [2.45, 2.75) is 19.0 Å². The van der Waals surface area contributed by atoms with Crippen molar-refractivity contribution < 1.29 is 9.53 Å². The zero-order chi connectivity index (χ0) is 22.5. The lowest BCUT2D eigenvalue weighted by Crippen LogP contribution is -2.15. The van der Waals surface area contributed by atoms with Crippen LogP contribution in [0.4, 0.5) is 5.69 Å². The maximum Gasteiger partial charge on any atom is 0.234 e. The van der Waals surface area contributed by atoms with E-state index in [0.29, 0.717) is 22.5 Å². The molecule has 0 radical (unpaired) electrons. The van der Waals surface area contributed by atoms with Gasteiger partial charge < -0.3 is 10.1 Å². The molecule has 2 aromatic carbocycles. The van der Waals surface area contributed by atoms with Gasteiger partial charge in [-0.15, -0.1) is 21.5 Å². The highest BCUT2D eigenvalue weighted by Crippen LogP contribution is 2.31. The fraction of sp³-hybridized carbons (Fsp3) is 0.174. The first kappa shape index (κ1) is 22.4. The predicted molar refractivity (Wildman–Crippen MR) is 131 cm³/mol. The van der Waals surface area contributed by atoms with Crippen molar-refractivity contribution in [2.24, 2.45) is 0 Å². The van der Waals surface area contributed by atoms with E-state index in [1.807, 2.05) is 66.3 Å². The second-order valence-electron chi connectivity index (χ2n) is 6.84. The van der Waals surface area contributed by atoms with Gasteiger partial charge in [0.05, 0.1) is 22.9 Å². The number of aromatic nitrogens is 3. The van der Waals surface area contributed by atoms with Crippen LogP contribution >= 0.6 is 34.7 Å². The number of thioether (sulfide) groups is 1. The number of thiophene rings is 1. The number of benzene rings is 2. The van der Waals surface area contributed by atoms with Crippen LogP contribution in [-0.4, -0.2) is 33.0 Å². The summed E-state index contributed by atoms with van der Waals surface area (Å²) in [6, 6.07) is 17.2. The van der Waals surface area contributed by atoms with Gasteiger partial charge in [0, 0.05) is 10.7 Å². The molecule has 32 heavy (non-hydrogen) atoms. The number of nitrogens with one attached hydrogen (secondary N) is 1. The van der Waals surface area contributed by atoms with Gasteiger partial charge in [-0.1, -0.05) is 35.5 Å². The van der Waals surface area contributed by atoms with Crippen LogP contribution in [0.3, 0.4) is 0 Å². The second kappa shape index (κ2) is 10.2. The van der Waals surface area contributed by atoms with Gasteiger partial charge in [-0.05, 0) is 67.3 Å². The molecule has 0 aliphatic rings. The molecule has 0 saturated carbocycles. The number of rotatable bonds is 8. The average Bonchev–Trinajstić information content (AvgIpc) is 3.45. The number of anilines is 1. The number of hydrogen-bond donors (Lipinski definition) is 1. The van der Waals surface area contributed by atoms with Crippen molar-refractivity contribution in [3.8, 4) is 22.1 Å². The number of ether oxygens (including phenoxy) is 1. The molecule has 4 aromatic rings. The van der Waals surface area contributed by atoms with E-state index in [1.165, 1.54) is 11.8 Å². The quantitative estimate of drug-likeness (QED) is 0.306. The molecule has 0 aliphatic carbocycles. The number of nitrogens with zero attached hydrogens (tertiary/aromatic N) is 3. The van der Waals surface area contributed by atoms with Crippen LogP contribution in [0.5, 0.6) is 5.75 Å². The lowest BCUT2D eigenvalue weighted by molar-refractivity contribution is -0.113. The third-order valence-electron chi connectivity index (χ3n) is 4.59. The van der Waals surface area contributed by atoms with Crippen LogP contribution in [0.25, 0.3) is 16.4 Å². The Labute approximate surface area is 199 Å². The van der Waals surface area contributed by atoms with Crippen molar-refractivity contribution in [2.75, 3.05) is 17.7 Å². The lowest BCUT2D eigenvalue weighted by Gasteiger charge is -2.11. The summed E-state index contributed by atoms with van der Waals surface area (Å²) in [7, 11) is 0. The summed E-state index contributed by atoms with van der Waals surface area (Å²) in [6.45, 7) is 4.48. The largest absolute Gasteiger partial charge is 0.494 e. The van der Waals surface area contributed by atoms with Gasteiger partial charge in [0.25, 0.3) is 0 Å². The number of halogens is 1. The van der Waals surface area contributed by atoms with E-state index in [4.69, 9.17) is 16.3 Å². The fourth-order valence-corrected chi connectivity index (χ4v) is 4.69. The van der Waals surface area contributed by atoms with Crippen LogP contribution in [0.2, 0.25) is 5.02 Å². The standard InChI is InChI=1S/C23H21ClN4O2S2/c1-3-30-18-10-8-17(9-11-18)28-22(20-5-4-12-31-20)26-27-23(28)32-14-21(29)25-19-13-16(24)7-6-15(19)2/h4-13H,3,14H2,1-2H3,(H,25,29). The van der Waals surface area contributed by atoms with Gasteiger partial charge in [-0.2, -0.15) is 0 Å². The molecule has 4 rings (SSSR count). The van der Waals surface area contributed by atoms with E-state index in [-0.39, 0.29) is 11.7 Å². The maximum atomic E-state index is 12.6. The highest BCUT2D eigenvalue weighted by Gasteiger charge is 2.18. The molecule has 0 saturated heterocycles. The molecule has 0 spiro atoms. The Bertz CT molecular complexity index is 1210. The molecule has 0 unspecified atom stereocenters. The van der Waals surface area contributed by atoms with E-state index in [9.17, 15) is 4.79 Å². The van der Waals surface area contributed by atoms with Crippen LogP contribution in [0.1, 0.15) is 12.5 Å². The summed E-state index contributed by atoms with van der Waals surface area (Å²) in [5, 5.41) is 14.9. The van der Waals surface area contributed by atoms with E-state index in [2.05, 4.69) is 15.5 Å². The van der Waals surface area contributed by atoms with Gasteiger partial charge >= 0.3 is 0 Å². The third kappa shape index (κ3) is 5.15. The number of amides is 1. The molecular weight excluding hydrogens is 464 g/mol. The number of carbonyl (C=O) groups is 1. The SMILES string of the molecule is CCOc1ccc(-n2c(SCC(=O)Nc3cc(Cl)ccc3C)nnc2-c2cccs2)cc1. The Kier molecular flexibility index (Phi) is 7.14. The number of carbonyl (C=O) groups excluding carboxylic acids is 1. The summed E-state index contributed by atoms with van der Waals surface area (Å²) in [6.07, 6.45) is 0. The third-order valence-corrected chi connectivity index (χ3v) is 6.62. The molecule has 0 atom stereocenters. The zero-order valence-corrected chi connectivity index (χ0v) is 19.9. The Balaban J connectivity index is 1.57. The molecule has 2 aromatic heterocycles. The van der Waals surface area contributed by atoms with Crippen LogP contribution in [0.15, 0.2) is 65.1 Å². The Morgan fingerprint density at radius 3 is 2.72 bits per heavy atom. The van der Waals surface area contributed by atoms with Crippen LogP contribution < -0.4 is 10.1 Å². The lowest BCUT2D eigenvalue weighted by atomic mass is 10.2. The minimum atomic E-state index is -0.140. The van der Waals surface area contributed by atoms with Gasteiger partial charge in [0.15, 0.2) is 11.0 Å². The average molecular weight is 485 g/mol. The molecule has 0 fully saturated rings. The van der Waals surface area contributed by atoms with Gasteiger partial charge in [-0.3, -0.25) is 9.36 Å². The maximum absolute atomic E-state index is 12.6. The molecular formula is C23H21ClN4O2S2. The Morgan fingerprint density at radius 2 is 2.00 bits per heavy atom. The fourth-order valence-electron chi connectivity index (χ4n) is 3.06. The summed E-state index contributed by atoms with van der Waals surface area (Å²) in [5.74, 6) is 1.58. The molecule has 9 heteroatoms. The van der Waals surface area contributed by atoms with Crippen molar-refractivity contribution in [1.82, 2.24) is 14.8 Å². The monoisotopic (exact) mass is 484 g/mol. The van der Waals surface area contributed by atoms with Crippen LogP contribution in [0, 0.1) is 6.92 Å². The van der Waals surface area contributed by atoms with Crippen molar-refractivity contribution >= 4 is 46.3 Å². The normalized spacial score (nSPS) is 10.8. The smallest absolute Gasteiger partial charge is 0.234 e. The molecule has 2 heterocycles. The highest BCUT2D eigenvalue weighted by molar-refractivity contribution is 7.99. The van der Waals surface area contributed by atoms with Crippen molar-refractivity contribution in [3.63, 3.8) is 0 Å². The van der Waals surface area contributed by atoms with Gasteiger partial charge in [0.2, 0.25) is 5.91 Å². The summed E-state index contributed by atoms with van der Waals surface area (Å²) >= 11 is 8.98. The summed E-state index contributed by atoms with van der Waals surface area (Å²) in [5.41, 5.74) is 2.55. The van der Waals surface area contributed by atoms with Crippen molar-refractivity contribution in [1.29, 1.82) is 0 Å². The predicted octanol–water partition coefficient (Wildman–Crippen LogP) is 6.09. The molecule has 164 valence electrons. The zero-order valence-electron chi connectivity index (χ0n) is 17.5. The first-order chi connectivity index (χ1) is 15.5. The minimum Gasteiger partial charge on any atom is -0.494 e. The Hall–Kier alpha value is -2.81. The Morgan fingerprint density at radius 1 is 1.19 bits per heavy atom. The molecule has 0 aliphatic heterocycles. The van der Waals surface area contributed by atoms with E-state index >= 15 is 0 Å². The first-order valence-corrected chi connectivity index (χ1v) is 12.2. The molecule has 1 N–H and O–H groups in total. The molecule has 6 nitrogen and oxygen atoms in total. The van der Waals surface area contributed by atoms with Crippen LogP contribution in [-0.2, 0) is 4.79 Å². The first-order valence-electron chi connectivity index (χ1n) is 9.96. The minimum absolute atomic E-state index is 0.140. The summed E-state index contributed by atoms with van der Waals surface area (Å²) in [4.78, 5) is 13.6. The van der Waals surface area contributed by atoms with E-state index in [0.717, 1.165) is 27.7 Å². The number of aryl methyl sites for hydroxylation is 1. The molecule has 1 amide bonds. The second-order valence-corrected chi connectivity index (χ2v) is 9.17.